The summed E-state index contributed by atoms with van der Waals surface area (Å²) in [7, 11) is 3.29. The maximum absolute atomic E-state index is 3.61. The highest BCUT2D eigenvalue weighted by Crippen LogP contribution is 1.89. The van der Waals surface area contributed by atoms with Crippen LogP contribution < -0.4 is 0 Å². The van der Waals surface area contributed by atoms with E-state index in [0.29, 0.717) is 6.61 Å². The Balaban J connectivity index is 2.63. The molecule has 1 heteroatoms. The first-order valence-electron chi connectivity index (χ1n) is 1.84. The van der Waals surface area contributed by atoms with Gasteiger partial charge in [0.25, 0.3) is 0 Å². The van der Waals surface area contributed by atoms with E-state index in [2.05, 4.69) is 18.8 Å². The number of ether oxygens (including phenoxy) is 1. The largest absolute Gasteiger partial charge is 0.548 e. The smallest absolute Gasteiger partial charge is 0.224 e. The summed E-state index contributed by atoms with van der Waals surface area (Å²) in [5.74, 6) is 1.06. The van der Waals surface area contributed by atoms with E-state index < -0.39 is 0 Å². The van der Waals surface area contributed by atoms with Crippen molar-refractivity contribution in [3.63, 3.8) is 0 Å². The number of rotatable bonds is 2. The molecule has 0 amide bonds. The van der Waals surface area contributed by atoms with Crippen molar-refractivity contribution in [2.24, 2.45) is 0 Å². The van der Waals surface area contributed by atoms with Crippen LogP contribution in [-0.4, -0.2) is 11.3 Å². The van der Waals surface area contributed by atoms with E-state index in [1.165, 1.54) is 0 Å². The molecule has 0 bridgehead atoms. The number of aliphatic hydroxyl groups is 2. The maximum atomic E-state index is 3.61. The molecule has 36 valence electrons. The standard InChI is InChI=1S/C5H10O/c1-5(2)4-6-3/h6H,1,3-4H2,2H3. The lowest BCUT2D eigenvalue weighted by atomic mass is 10.2. The number of hydrogen-bond acceptors (Lipinski definition) is 0. The second kappa shape index (κ2) is 3.04. The van der Waals surface area contributed by atoms with E-state index in [9.17, 15) is 0 Å². The van der Waals surface area contributed by atoms with Crippen molar-refractivity contribution < 1.29 is 4.74 Å². The quantitative estimate of drug-likeness (QED) is 0.347. The summed E-state index contributed by atoms with van der Waals surface area (Å²) in [5.41, 5.74) is 0. The van der Waals surface area contributed by atoms with Crippen LogP contribution in [0.5, 0.6) is 0 Å². The Bertz CT molecular complexity index is 25.1. The van der Waals surface area contributed by atoms with Crippen LogP contribution in [0.4, 0.5) is 0 Å². The van der Waals surface area contributed by atoms with E-state index in [-0.39, 0.29) is 0 Å². The van der Waals surface area contributed by atoms with E-state index in [4.69, 9.17) is 0 Å². The van der Waals surface area contributed by atoms with Gasteiger partial charge in [0, 0.05) is 5.92 Å². The van der Waals surface area contributed by atoms with Crippen molar-refractivity contribution in [1.82, 2.24) is 0 Å². The van der Waals surface area contributed by atoms with Gasteiger partial charge in [0.05, 0.1) is 6.92 Å². The molecule has 0 unspecified atom stereocenters. The summed E-state index contributed by atoms with van der Waals surface area (Å²) in [6.45, 7) is 6.23. The predicted octanol–water partition coefficient (Wildman–Crippen LogP) is 0.734. The van der Waals surface area contributed by atoms with Gasteiger partial charge < -0.3 is 4.74 Å². The first-order chi connectivity index (χ1) is 2.77. The third kappa shape index (κ3) is 3.83. The molecule has 0 saturated heterocycles. The van der Waals surface area contributed by atoms with Crippen LogP contribution in [0.15, 0.2) is 0 Å². The van der Waals surface area contributed by atoms with Gasteiger partial charge in [-0.05, 0) is 0 Å². The fourth-order valence-electron chi connectivity index (χ4n) is 0.191. The molecule has 0 aromatic heterocycles. The van der Waals surface area contributed by atoms with Crippen LogP contribution in [-0.2, 0) is 0 Å². The molecule has 0 rings (SSSR count). The molecule has 6 heavy (non-hydrogen) atoms. The van der Waals surface area contributed by atoms with Gasteiger partial charge in [-0.25, -0.2) is 0 Å². The van der Waals surface area contributed by atoms with Crippen LogP contribution in [0, 0.1) is 20.0 Å². The molecule has 0 saturated carbocycles. The molecule has 0 spiro atoms. The summed E-state index contributed by atoms with van der Waals surface area (Å²) in [6, 6.07) is 0. The Morgan fingerprint density at radius 3 is 2.33 bits per heavy atom. The molecular formula is C5H10O. The minimum absolute atomic E-state index is 0.694. The van der Waals surface area contributed by atoms with Crippen molar-refractivity contribution in [1.29, 1.82) is 0 Å². The van der Waals surface area contributed by atoms with E-state index >= 15 is 0 Å². The van der Waals surface area contributed by atoms with Crippen LogP contribution in [0.25, 0.3) is 0 Å². The molecule has 0 aliphatic rings. The zero-order valence-corrected chi connectivity index (χ0v) is 4.07. The second-order valence-electron chi connectivity index (χ2n) is 1.34. The summed E-state index contributed by atoms with van der Waals surface area (Å²) < 4.78 is 3.59. The van der Waals surface area contributed by atoms with E-state index in [1.54, 1.807) is 0 Å². The first kappa shape index (κ1) is 5.83. The Morgan fingerprint density at radius 2 is 2.33 bits per heavy atom. The third-order valence-corrected chi connectivity index (χ3v) is 0.382. The predicted molar refractivity (Wildman–Crippen MR) is 26.7 cm³/mol. The summed E-state index contributed by atoms with van der Waals surface area (Å²) in [5, 5.41) is 0. The topological polar surface area (TPSA) is 12.8 Å². The normalized spacial score (nSPS) is 8.50. The molecule has 0 aromatic carbocycles. The zero-order valence-electron chi connectivity index (χ0n) is 4.07. The van der Waals surface area contributed by atoms with Crippen molar-refractivity contribution >= 4 is 0 Å². The van der Waals surface area contributed by atoms with Crippen LogP contribution >= 0.6 is 0 Å². The Morgan fingerprint density at radius 1 is 1.83 bits per heavy atom. The highest BCUT2D eigenvalue weighted by atomic mass is 16.5. The molecule has 0 aromatic rings. The van der Waals surface area contributed by atoms with Gasteiger partial charge in [0.15, 0.2) is 0 Å². The lowest BCUT2D eigenvalue weighted by Crippen LogP contribution is -1.97. The summed E-state index contributed by atoms with van der Waals surface area (Å²) >= 11 is 0. The average molecular weight is 86.1 g/mol. The molecule has 0 fully saturated rings. The monoisotopic (exact) mass is 86.1 g/mol. The highest BCUT2D eigenvalue weighted by Gasteiger charge is 1.90. The number of hydrogen-bond donors (Lipinski definition) is 0. The lowest BCUT2D eigenvalue weighted by molar-refractivity contribution is 0.0696. The Kier molecular flexibility index (Phi) is 2.95. The van der Waals surface area contributed by atoms with Gasteiger partial charge in [-0.1, -0.05) is 7.11 Å². The van der Waals surface area contributed by atoms with Gasteiger partial charge in [-0.2, -0.15) is 0 Å². The van der Waals surface area contributed by atoms with Gasteiger partial charge in [0.1, 0.15) is 0 Å². The first-order valence-corrected chi connectivity index (χ1v) is 1.84. The van der Waals surface area contributed by atoms with Gasteiger partial charge >= 0.3 is 0 Å². The zero-order chi connectivity index (χ0) is 4.99. The van der Waals surface area contributed by atoms with Crippen LogP contribution in [0.1, 0.15) is 6.92 Å². The molecule has 0 radical (unpaired) electrons. The summed E-state index contributed by atoms with van der Waals surface area (Å²) in [6.07, 6.45) is 0. The van der Waals surface area contributed by atoms with E-state index in [1.807, 2.05) is 6.92 Å². The SMILES string of the molecule is [CH2-][OH+]C[C+]([CH2-])C. The fourth-order valence-corrected chi connectivity index (χ4v) is 0.191. The van der Waals surface area contributed by atoms with Crippen molar-refractivity contribution in [3.05, 3.63) is 20.0 Å². The van der Waals surface area contributed by atoms with Crippen molar-refractivity contribution in [3.8, 4) is 0 Å². The second-order valence-corrected chi connectivity index (χ2v) is 1.34. The van der Waals surface area contributed by atoms with E-state index in [0.717, 1.165) is 5.92 Å². The Labute approximate surface area is 39.3 Å². The molecule has 1 N–H and O–H groups in total. The van der Waals surface area contributed by atoms with Crippen molar-refractivity contribution in [2.75, 3.05) is 6.61 Å². The maximum Gasteiger partial charge on any atom is 0.224 e. The molecule has 0 aliphatic heterocycles. The average Bonchev–Trinajstić information content (AvgIpc) is 1.35. The van der Waals surface area contributed by atoms with Crippen LogP contribution in [0.2, 0.25) is 0 Å². The minimum atomic E-state index is 0.694. The Hall–Kier alpha value is -0.170. The van der Waals surface area contributed by atoms with Gasteiger partial charge in [-0.3, -0.25) is 0 Å². The molecular weight excluding hydrogens is 76.1 g/mol. The van der Waals surface area contributed by atoms with Crippen LogP contribution in [0.3, 0.4) is 0 Å². The molecule has 0 aliphatic carbocycles. The molecule has 0 atom stereocenters. The molecule has 0 heterocycles. The summed E-state index contributed by atoms with van der Waals surface area (Å²) in [4.78, 5) is 0. The van der Waals surface area contributed by atoms with Crippen molar-refractivity contribution in [2.45, 2.75) is 6.92 Å². The lowest BCUT2D eigenvalue weighted by Gasteiger charge is -1.96. The minimum Gasteiger partial charge on any atom is -0.548 e. The highest BCUT2D eigenvalue weighted by molar-refractivity contribution is 4.85. The fraction of sp³-hybridized carbons (Fsp3) is 0.400. The molecule has 1 nitrogen and oxygen atoms in total. The van der Waals surface area contributed by atoms with Gasteiger partial charge in [-0.15, -0.1) is 6.92 Å². The van der Waals surface area contributed by atoms with Gasteiger partial charge in [0.2, 0.25) is 6.61 Å². The third-order valence-electron chi connectivity index (χ3n) is 0.382.